The number of benzene rings is 1. The van der Waals surface area contributed by atoms with Crippen LogP contribution in [0.2, 0.25) is 0 Å². The highest BCUT2D eigenvalue weighted by Gasteiger charge is 2.42. The third-order valence-corrected chi connectivity index (χ3v) is 4.09. The standard InChI is InChI=1S/C15H20FNO2/c1-2-18-14-10-15(5-7-17-8-6-15)19-13-4-3-11(16)9-12(13)14/h3-4,9,14,17H,2,5-8,10H2,1H3. The number of rotatable bonds is 2. The topological polar surface area (TPSA) is 30.5 Å². The highest BCUT2D eigenvalue weighted by atomic mass is 19.1. The van der Waals surface area contributed by atoms with Gasteiger partial charge in [0.05, 0.1) is 6.10 Å². The predicted octanol–water partition coefficient (Wildman–Crippen LogP) is 2.81. The minimum absolute atomic E-state index is 0.0532. The van der Waals surface area contributed by atoms with Gasteiger partial charge in [-0.25, -0.2) is 4.39 Å². The zero-order valence-corrected chi connectivity index (χ0v) is 11.2. The number of fused-ring (bicyclic) bond motifs is 1. The summed E-state index contributed by atoms with van der Waals surface area (Å²) in [5.74, 6) is 0.557. The summed E-state index contributed by atoms with van der Waals surface area (Å²) in [5, 5.41) is 3.36. The van der Waals surface area contributed by atoms with Gasteiger partial charge in [0.1, 0.15) is 17.2 Å². The van der Waals surface area contributed by atoms with Gasteiger partial charge in [-0.3, -0.25) is 0 Å². The average molecular weight is 265 g/mol. The Morgan fingerprint density at radius 1 is 1.42 bits per heavy atom. The number of hydrogen-bond acceptors (Lipinski definition) is 3. The normalized spacial score (nSPS) is 24.8. The van der Waals surface area contributed by atoms with Crippen molar-refractivity contribution in [1.29, 1.82) is 0 Å². The third-order valence-electron chi connectivity index (χ3n) is 4.09. The van der Waals surface area contributed by atoms with Crippen molar-refractivity contribution >= 4 is 0 Å². The molecule has 0 bridgehead atoms. The number of hydrogen-bond donors (Lipinski definition) is 1. The van der Waals surface area contributed by atoms with Crippen molar-refractivity contribution in [3.63, 3.8) is 0 Å². The van der Waals surface area contributed by atoms with E-state index in [9.17, 15) is 4.39 Å². The molecule has 0 aromatic heterocycles. The molecule has 1 aromatic rings. The van der Waals surface area contributed by atoms with E-state index in [0.717, 1.165) is 43.7 Å². The van der Waals surface area contributed by atoms with Crippen LogP contribution in [0.25, 0.3) is 0 Å². The summed E-state index contributed by atoms with van der Waals surface area (Å²) in [6.45, 7) is 4.54. The quantitative estimate of drug-likeness (QED) is 0.892. The molecule has 0 saturated carbocycles. The SMILES string of the molecule is CCOC1CC2(CCNCC2)Oc2ccc(F)cc21. The van der Waals surface area contributed by atoms with Gasteiger partial charge < -0.3 is 14.8 Å². The molecule has 1 fully saturated rings. The van der Waals surface area contributed by atoms with Gasteiger partial charge >= 0.3 is 0 Å². The fraction of sp³-hybridized carbons (Fsp3) is 0.600. The van der Waals surface area contributed by atoms with Crippen LogP contribution in [0.3, 0.4) is 0 Å². The largest absolute Gasteiger partial charge is 0.487 e. The van der Waals surface area contributed by atoms with E-state index < -0.39 is 0 Å². The molecule has 3 nitrogen and oxygen atoms in total. The van der Waals surface area contributed by atoms with Gasteiger partial charge in [0, 0.05) is 18.6 Å². The van der Waals surface area contributed by atoms with E-state index in [1.807, 2.05) is 6.92 Å². The second kappa shape index (κ2) is 5.10. The Balaban J connectivity index is 1.94. The first kappa shape index (κ1) is 12.9. The Morgan fingerprint density at radius 3 is 2.95 bits per heavy atom. The number of ether oxygens (including phenoxy) is 2. The van der Waals surface area contributed by atoms with Crippen LogP contribution in [0.4, 0.5) is 4.39 Å². The first-order valence-corrected chi connectivity index (χ1v) is 7.03. The molecule has 19 heavy (non-hydrogen) atoms. The van der Waals surface area contributed by atoms with E-state index >= 15 is 0 Å². The molecule has 1 unspecified atom stereocenters. The molecule has 1 N–H and O–H groups in total. The lowest BCUT2D eigenvalue weighted by Crippen LogP contribution is -2.49. The highest BCUT2D eigenvalue weighted by molar-refractivity contribution is 5.39. The molecule has 2 aliphatic rings. The van der Waals surface area contributed by atoms with Gasteiger partial charge in [0.15, 0.2) is 0 Å². The summed E-state index contributed by atoms with van der Waals surface area (Å²) >= 11 is 0. The van der Waals surface area contributed by atoms with Crippen LogP contribution in [-0.2, 0) is 4.74 Å². The molecule has 1 atom stereocenters. The molecule has 1 spiro atoms. The summed E-state index contributed by atoms with van der Waals surface area (Å²) in [6.07, 6.45) is 2.72. The highest BCUT2D eigenvalue weighted by Crippen LogP contribution is 2.45. The van der Waals surface area contributed by atoms with Gasteiger partial charge in [-0.1, -0.05) is 0 Å². The molecule has 1 saturated heterocycles. The summed E-state index contributed by atoms with van der Waals surface area (Å²) in [6, 6.07) is 4.74. The zero-order chi connectivity index (χ0) is 13.3. The Morgan fingerprint density at radius 2 is 2.21 bits per heavy atom. The number of piperidine rings is 1. The van der Waals surface area contributed by atoms with E-state index in [1.54, 1.807) is 12.1 Å². The van der Waals surface area contributed by atoms with Crippen molar-refractivity contribution in [2.75, 3.05) is 19.7 Å². The minimum Gasteiger partial charge on any atom is -0.487 e. The van der Waals surface area contributed by atoms with Crippen LogP contribution in [-0.4, -0.2) is 25.3 Å². The summed E-state index contributed by atoms with van der Waals surface area (Å²) in [7, 11) is 0. The van der Waals surface area contributed by atoms with Crippen LogP contribution in [0, 0.1) is 5.82 Å². The van der Waals surface area contributed by atoms with E-state index in [4.69, 9.17) is 9.47 Å². The van der Waals surface area contributed by atoms with Crippen LogP contribution in [0.5, 0.6) is 5.75 Å². The number of halogens is 1. The van der Waals surface area contributed by atoms with Crippen LogP contribution < -0.4 is 10.1 Å². The van der Waals surface area contributed by atoms with Crippen molar-refractivity contribution in [2.24, 2.45) is 0 Å². The molecule has 2 aliphatic heterocycles. The second-order valence-electron chi connectivity index (χ2n) is 5.37. The van der Waals surface area contributed by atoms with Gasteiger partial charge in [-0.15, -0.1) is 0 Å². The first-order chi connectivity index (χ1) is 9.22. The van der Waals surface area contributed by atoms with Crippen LogP contribution in [0.15, 0.2) is 18.2 Å². The van der Waals surface area contributed by atoms with E-state index in [0.29, 0.717) is 6.61 Å². The fourth-order valence-electron chi connectivity index (χ4n) is 3.13. The molecule has 104 valence electrons. The summed E-state index contributed by atoms with van der Waals surface area (Å²) < 4.78 is 25.5. The fourth-order valence-corrected chi connectivity index (χ4v) is 3.13. The van der Waals surface area contributed by atoms with E-state index in [-0.39, 0.29) is 17.5 Å². The minimum atomic E-state index is -0.228. The van der Waals surface area contributed by atoms with Gasteiger partial charge in [-0.05, 0) is 51.1 Å². The molecular formula is C15H20FNO2. The molecule has 0 amide bonds. The monoisotopic (exact) mass is 265 g/mol. The van der Waals surface area contributed by atoms with E-state index in [1.165, 1.54) is 6.07 Å². The maximum absolute atomic E-state index is 13.4. The molecule has 3 rings (SSSR count). The van der Waals surface area contributed by atoms with Gasteiger partial charge in [-0.2, -0.15) is 0 Å². The Hall–Kier alpha value is -1.13. The second-order valence-corrected chi connectivity index (χ2v) is 5.37. The molecule has 1 aromatic carbocycles. The Kier molecular flexibility index (Phi) is 3.46. The van der Waals surface area contributed by atoms with E-state index in [2.05, 4.69) is 5.32 Å². The smallest absolute Gasteiger partial charge is 0.126 e. The van der Waals surface area contributed by atoms with Gasteiger partial charge in [0.2, 0.25) is 0 Å². The molecule has 4 heteroatoms. The maximum Gasteiger partial charge on any atom is 0.126 e. The summed E-state index contributed by atoms with van der Waals surface area (Å²) in [5.41, 5.74) is 0.710. The maximum atomic E-state index is 13.4. The van der Waals surface area contributed by atoms with Crippen molar-refractivity contribution in [1.82, 2.24) is 5.32 Å². The van der Waals surface area contributed by atoms with Crippen molar-refractivity contribution in [3.05, 3.63) is 29.6 Å². The lowest BCUT2D eigenvalue weighted by atomic mass is 9.82. The lowest BCUT2D eigenvalue weighted by molar-refractivity contribution is -0.0591. The van der Waals surface area contributed by atoms with Crippen molar-refractivity contribution < 1.29 is 13.9 Å². The molecule has 2 heterocycles. The van der Waals surface area contributed by atoms with Crippen molar-refractivity contribution in [3.8, 4) is 5.75 Å². The zero-order valence-electron chi connectivity index (χ0n) is 11.2. The molecular weight excluding hydrogens is 245 g/mol. The Bertz CT molecular complexity index is 457. The third kappa shape index (κ3) is 2.47. The average Bonchev–Trinajstić information content (AvgIpc) is 2.41. The number of nitrogens with one attached hydrogen (secondary N) is 1. The predicted molar refractivity (Wildman–Crippen MR) is 70.8 cm³/mol. The molecule has 0 radical (unpaired) electrons. The molecule has 0 aliphatic carbocycles. The van der Waals surface area contributed by atoms with Crippen molar-refractivity contribution in [2.45, 2.75) is 37.9 Å². The van der Waals surface area contributed by atoms with Crippen LogP contribution in [0.1, 0.15) is 37.9 Å². The lowest BCUT2D eigenvalue weighted by Gasteiger charge is -2.44. The summed E-state index contributed by atoms with van der Waals surface area (Å²) in [4.78, 5) is 0. The van der Waals surface area contributed by atoms with Crippen LogP contribution >= 0.6 is 0 Å². The van der Waals surface area contributed by atoms with Gasteiger partial charge in [0.25, 0.3) is 0 Å². The first-order valence-electron chi connectivity index (χ1n) is 7.03. The Labute approximate surface area is 113 Å².